The highest BCUT2D eigenvalue weighted by Gasteiger charge is 2.34. The van der Waals surface area contributed by atoms with Gasteiger partial charge in [0.25, 0.3) is 5.56 Å². The summed E-state index contributed by atoms with van der Waals surface area (Å²) in [6.45, 7) is 5.35. The highest BCUT2D eigenvalue weighted by atomic mass is 19.1. The second-order valence-electron chi connectivity index (χ2n) is 8.41. The van der Waals surface area contributed by atoms with Gasteiger partial charge in [-0.1, -0.05) is 13.8 Å². The molecule has 1 N–H and O–H groups in total. The van der Waals surface area contributed by atoms with Gasteiger partial charge < -0.3 is 14.7 Å². The molecule has 0 aliphatic carbocycles. The fourth-order valence-electron chi connectivity index (χ4n) is 3.94. The van der Waals surface area contributed by atoms with Crippen molar-refractivity contribution in [1.29, 1.82) is 0 Å². The highest BCUT2D eigenvalue weighted by molar-refractivity contribution is 5.55. The molecule has 0 fully saturated rings. The molecule has 2 aromatic heterocycles. The Bertz CT molecular complexity index is 1150. The number of nitrogens with zero attached hydrogens (tertiary/aromatic N) is 5. The fourth-order valence-corrected chi connectivity index (χ4v) is 3.94. The number of anilines is 1. The number of rotatable bonds is 5. The van der Waals surface area contributed by atoms with Gasteiger partial charge in [0.15, 0.2) is 0 Å². The van der Waals surface area contributed by atoms with Crippen LogP contribution in [-0.2, 0) is 6.54 Å². The third-order valence-electron chi connectivity index (χ3n) is 5.27. The molecular weight excluding hydrogens is 401 g/mol. The van der Waals surface area contributed by atoms with Crippen molar-refractivity contribution in [2.75, 3.05) is 25.1 Å². The highest BCUT2D eigenvalue weighted by Crippen LogP contribution is 2.33. The number of benzene rings is 1. The van der Waals surface area contributed by atoms with Gasteiger partial charge in [0.05, 0.1) is 25.0 Å². The Labute approximate surface area is 179 Å². The third-order valence-corrected chi connectivity index (χ3v) is 5.27. The van der Waals surface area contributed by atoms with E-state index < -0.39 is 11.9 Å². The lowest BCUT2D eigenvalue weighted by Crippen LogP contribution is -2.48. The summed E-state index contributed by atoms with van der Waals surface area (Å²) in [5.74, 6) is 0.282. The Hall–Kier alpha value is -3.33. The molecule has 0 radical (unpaired) electrons. The maximum Gasteiger partial charge on any atom is 0.255 e. The van der Waals surface area contributed by atoms with Crippen LogP contribution in [0.1, 0.15) is 25.5 Å². The SMILES string of the molecule is COc1cc(F)ccc1C(O)CN1CC(C)(C)Cn2c1nc(-c1ccncn1)cc2=O. The summed E-state index contributed by atoms with van der Waals surface area (Å²) in [7, 11) is 1.43. The van der Waals surface area contributed by atoms with Crippen molar-refractivity contribution in [1.82, 2.24) is 19.5 Å². The standard InChI is InChI=1S/C22H24FN5O3/c1-22(2)11-27(10-18(29)15-5-4-14(23)8-19(15)31-3)21-26-17(9-20(30)28(21)12-22)16-6-7-24-13-25-16/h4-9,13,18,29H,10-12H2,1-3H3. The zero-order valence-corrected chi connectivity index (χ0v) is 17.6. The normalized spacial score (nSPS) is 16.0. The van der Waals surface area contributed by atoms with Crippen molar-refractivity contribution in [2.45, 2.75) is 26.5 Å². The third kappa shape index (κ3) is 4.27. The molecule has 8 nitrogen and oxygen atoms in total. The van der Waals surface area contributed by atoms with E-state index in [1.807, 2.05) is 4.90 Å². The van der Waals surface area contributed by atoms with Crippen molar-refractivity contribution in [2.24, 2.45) is 5.41 Å². The van der Waals surface area contributed by atoms with E-state index in [9.17, 15) is 14.3 Å². The van der Waals surface area contributed by atoms with Crippen LogP contribution in [0.25, 0.3) is 11.4 Å². The first kappa shape index (κ1) is 20.9. The number of β-amino-alcohol motifs (C(OH)–C–C–N with tert-alkyl or cyclic N) is 1. The van der Waals surface area contributed by atoms with E-state index in [1.54, 1.807) is 16.8 Å². The summed E-state index contributed by atoms with van der Waals surface area (Å²) in [6.07, 6.45) is 2.02. The summed E-state index contributed by atoms with van der Waals surface area (Å²) >= 11 is 0. The molecule has 1 unspecified atom stereocenters. The van der Waals surface area contributed by atoms with Crippen molar-refractivity contribution in [3.8, 4) is 17.1 Å². The quantitative estimate of drug-likeness (QED) is 0.671. The van der Waals surface area contributed by atoms with Crippen LogP contribution in [0.15, 0.2) is 47.7 Å². The topological polar surface area (TPSA) is 93.4 Å². The molecule has 0 bridgehead atoms. The van der Waals surface area contributed by atoms with Crippen LogP contribution >= 0.6 is 0 Å². The number of fused-ring (bicyclic) bond motifs is 1. The van der Waals surface area contributed by atoms with Gasteiger partial charge in [-0.25, -0.2) is 19.3 Å². The molecular formula is C22H24FN5O3. The first-order valence-electron chi connectivity index (χ1n) is 9.92. The van der Waals surface area contributed by atoms with Gasteiger partial charge in [0.1, 0.15) is 24.0 Å². The Morgan fingerprint density at radius 2 is 2.03 bits per heavy atom. The van der Waals surface area contributed by atoms with Crippen LogP contribution in [0.4, 0.5) is 10.3 Å². The van der Waals surface area contributed by atoms with Gasteiger partial charge in [-0.15, -0.1) is 0 Å². The first-order chi connectivity index (χ1) is 14.8. The zero-order valence-electron chi connectivity index (χ0n) is 17.6. The number of ether oxygens (including phenoxy) is 1. The van der Waals surface area contributed by atoms with Gasteiger partial charge >= 0.3 is 0 Å². The van der Waals surface area contributed by atoms with Crippen LogP contribution < -0.4 is 15.2 Å². The molecule has 9 heteroatoms. The molecule has 3 heterocycles. The summed E-state index contributed by atoms with van der Waals surface area (Å²) in [6, 6.07) is 7.18. The van der Waals surface area contributed by atoms with Crippen molar-refractivity contribution in [3.05, 3.63) is 64.6 Å². The lowest BCUT2D eigenvalue weighted by atomic mass is 9.90. The van der Waals surface area contributed by atoms with Crippen molar-refractivity contribution in [3.63, 3.8) is 0 Å². The van der Waals surface area contributed by atoms with Crippen molar-refractivity contribution >= 4 is 5.95 Å². The molecule has 3 aromatic rings. The van der Waals surface area contributed by atoms with E-state index in [-0.39, 0.29) is 23.3 Å². The van der Waals surface area contributed by atoms with Gasteiger partial charge in [0, 0.05) is 42.4 Å². The zero-order chi connectivity index (χ0) is 22.2. The lowest BCUT2D eigenvalue weighted by Gasteiger charge is -2.41. The number of methoxy groups -OCH3 is 1. The van der Waals surface area contributed by atoms with Crippen LogP contribution in [0.2, 0.25) is 0 Å². The first-order valence-corrected chi connectivity index (χ1v) is 9.92. The summed E-state index contributed by atoms with van der Waals surface area (Å²) in [5, 5.41) is 10.9. The maximum atomic E-state index is 13.6. The summed E-state index contributed by atoms with van der Waals surface area (Å²) in [5.41, 5.74) is 1.04. The molecule has 0 saturated carbocycles. The fraction of sp³-hybridized carbons (Fsp3) is 0.364. The van der Waals surface area contributed by atoms with Gasteiger partial charge in [-0.2, -0.15) is 0 Å². The van der Waals surface area contributed by atoms with E-state index in [4.69, 9.17) is 9.72 Å². The molecule has 0 amide bonds. The average Bonchev–Trinajstić information content (AvgIpc) is 2.74. The summed E-state index contributed by atoms with van der Waals surface area (Å²) < 4.78 is 20.4. The molecule has 4 rings (SSSR count). The minimum Gasteiger partial charge on any atom is -0.496 e. The van der Waals surface area contributed by atoms with Crippen LogP contribution in [0.5, 0.6) is 5.75 Å². The van der Waals surface area contributed by atoms with Crippen molar-refractivity contribution < 1.29 is 14.2 Å². The Morgan fingerprint density at radius 3 is 2.74 bits per heavy atom. The second-order valence-corrected chi connectivity index (χ2v) is 8.41. The van der Waals surface area contributed by atoms with E-state index in [1.165, 1.54) is 37.7 Å². The predicted octanol–water partition coefficient (Wildman–Crippen LogP) is 2.43. The smallest absolute Gasteiger partial charge is 0.255 e. The summed E-state index contributed by atoms with van der Waals surface area (Å²) in [4.78, 5) is 27.6. The van der Waals surface area contributed by atoms with Gasteiger partial charge in [-0.3, -0.25) is 9.36 Å². The molecule has 0 saturated heterocycles. The molecule has 162 valence electrons. The number of hydrogen-bond acceptors (Lipinski definition) is 7. The number of aliphatic hydroxyl groups is 1. The second kappa shape index (κ2) is 8.07. The Kier molecular flexibility index (Phi) is 5.45. The van der Waals surface area contributed by atoms with Gasteiger partial charge in [-0.05, 0) is 18.2 Å². The molecule has 1 aliphatic heterocycles. The van der Waals surface area contributed by atoms with E-state index in [0.717, 1.165) is 0 Å². The molecule has 1 aromatic carbocycles. The molecule has 1 aliphatic rings. The predicted molar refractivity (Wildman–Crippen MR) is 113 cm³/mol. The van der Waals surface area contributed by atoms with Crippen LogP contribution in [0, 0.1) is 11.2 Å². The van der Waals surface area contributed by atoms with Crippen LogP contribution in [0.3, 0.4) is 0 Å². The lowest BCUT2D eigenvalue weighted by molar-refractivity contribution is 0.167. The largest absolute Gasteiger partial charge is 0.496 e. The Morgan fingerprint density at radius 1 is 1.23 bits per heavy atom. The number of aromatic nitrogens is 4. The maximum absolute atomic E-state index is 13.6. The van der Waals surface area contributed by atoms with E-state index in [2.05, 4.69) is 23.8 Å². The number of hydrogen-bond donors (Lipinski definition) is 1. The average molecular weight is 425 g/mol. The molecule has 1 atom stereocenters. The monoisotopic (exact) mass is 425 g/mol. The van der Waals surface area contributed by atoms with Crippen LogP contribution in [-0.4, -0.2) is 44.8 Å². The number of halogens is 1. The number of aliphatic hydroxyl groups excluding tert-OH is 1. The van der Waals surface area contributed by atoms with E-state index >= 15 is 0 Å². The van der Waals surface area contributed by atoms with E-state index in [0.29, 0.717) is 36.0 Å². The molecule has 0 spiro atoms. The Balaban J connectivity index is 1.74. The minimum atomic E-state index is -0.975. The van der Waals surface area contributed by atoms with Gasteiger partial charge in [0.2, 0.25) is 5.95 Å². The minimum absolute atomic E-state index is 0.158. The molecule has 31 heavy (non-hydrogen) atoms.